The molecule has 2 aromatic carbocycles. The summed E-state index contributed by atoms with van der Waals surface area (Å²) in [5.41, 5.74) is 9.58. The van der Waals surface area contributed by atoms with Crippen molar-refractivity contribution in [2.45, 2.75) is 25.2 Å². The smallest absolute Gasteiger partial charge is 0.280 e. The van der Waals surface area contributed by atoms with E-state index in [1.807, 2.05) is 73.8 Å². The van der Waals surface area contributed by atoms with E-state index in [2.05, 4.69) is 10.3 Å². The Balaban J connectivity index is 1.49. The third-order valence-electron chi connectivity index (χ3n) is 6.30. The van der Waals surface area contributed by atoms with Gasteiger partial charge in [0, 0.05) is 18.0 Å². The van der Waals surface area contributed by atoms with Gasteiger partial charge in [0.15, 0.2) is 5.82 Å². The first-order chi connectivity index (χ1) is 18.0. The SMILES string of the molecule is Cc1cn(-c2ncccc2C(=O)NC(Cc2ccccc2)C2(C(N)=O)OCCO2)nc1-c1ccccc1. The zero-order valence-electron chi connectivity index (χ0n) is 20.3. The summed E-state index contributed by atoms with van der Waals surface area (Å²) in [6.07, 6.45) is 3.70. The number of carbonyl (C=O) groups excluding carboxylic acids is 2. The zero-order valence-corrected chi connectivity index (χ0v) is 20.3. The molecule has 0 radical (unpaired) electrons. The van der Waals surface area contributed by atoms with E-state index >= 15 is 0 Å². The van der Waals surface area contributed by atoms with Crippen molar-refractivity contribution in [2.75, 3.05) is 13.2 Å². The highest BCUT2D eigenvalue weighted by atomic mass is 16.7. The Labute approximate surface area is 214 Å². The molecule has 1 aliphatic rings. The van der Waals surface area contributed by atoms with Crippen LogP contribution in [0, 0.1) is 6.92 Å². The maximum Gasteiger partial charge on any atom is 0.280 e. The zero-order chi connectivity index (χ0) is 25.8. The maximum atomic E-state index is 13.7. The lowest BCUT2D eigenvalue weighted by molar-refractivity contribution is -0.189. The van der Waals surface area contributed by atoms with Crippen LogP contribution in [0.25, 0.3) is 17.1 Å². The Hall–Kier alpha value is -4.34. The number of primary amides is 1. The van der Waals surface area contributed by atoms with Gasteiger partial charge in [-0.15, -0.1) is 0 Å². The number of pyridine rings is 1. The number of benzene rings is 2. The van der Waals surface area contributed by atoms with Crippen molar-refractivity contribution < 1.29 is 19.1 Å². The van der Waals surface area contributed by atoms with Gasteiger partial charge in [-0.2, -0.15) is 5.10 Å². The highest BCUT2D eigenvalue weighted by molar-refractivity contribution is 5.98. The summed E-state index contributed by atoms with van der Waals surface area (Å²) in [6, 6.07) is 21.7. The minimum Gasteiger partial charge on any atom is -0.365 e. The molecular formula is C28H27N5O4. The molecule has 37 heavy (non-hydrogen) atoms. The van der Waals surface area contributed by atoms with Crippen LogP contribution in [-0.4, -0.2) is 51.6 Å². The second kappa shape index (κ2) is 10.3. The fourth-order valence-electron chi connectivity index (χ4n) is 4.52. The Morgan fingerprint density at radius 1 is 1.03 bits per heavy atom. The first kappa shape index (κ1) is 24.4. The average Bonchev–Trinajstić information content (AvgIpc) is 3.57. The van der Waals surface area contributed by atoms with E-state index in [0.717, 1.165) is 22.4 Å². The molecule has 1 fully saturated rings. The van der Waals surface area contributed by atoms with Crippen LogP contribution in [0.1, 0.15) is 21.5 Å². The summed E-state index contributed by atoms with van der Waals surface area (Å²) >= 11 is 0. The second-order valence-electron chi connectivity index (χ2n) is 8.79. The number of hydrogen-bond acceptors (Lipinski definition) is 6. The molecule has 0 spiro atoms. The first-order valence-corrected chi connectivity index (χ1v) is 12.0. The number of nitrogens with two attached hydrogens (primary N) is 1. The maximum absolute atomic E-state index is 13.7. The Morgan fingerprint density at radius 2 is 1.70 bits per heavy atom. The van der Waals surface area contributed by atoms with E-state index in [9.17, 15) is 9.59 Å². The molecule has 2 aromatic heterocycles. The highest BCUT2D eigenvalue weighted by Gasteiger charge is 2.51. The van der Waals surface area contributed by atoms with E-state index in [-0.39, 0.29) is 25.2 Å². The Morgan fingerprint density at radius 3 is 2.38 bits per heavy atom. The average molecular weight is 498 g/mol. The number of nitrogens with zero attached hydrogens (tertiary/aromatic N) is 3. The molecule has 1 atom stereocenters. The minimum atomic E-state index is -1.78. The number of aryl methyl sites for hydroxylation is 1. The van der Waals surface area contributed by atoms with Crippen LogP contribution in [0.4, 0.5) is 0 Å². The number of ether oxygens (including phenoxy) is 2. The molecule has 3 N–H and O–H groups in total. The fourth-order valence-corrected chi connectivity index (χ4v) is 4.52. The molecule has 1 saturated heterocycles. The topological polar surface area (TPSA) is 121 Å². The summed E-state index contributed by atoms with van der Waals surface area (Å²) in [5, 5.41) is 7.65. The van der Waals surface area contributed by atoms with Crippen molar-refractivity contribution in [3.63, 3.8) is 0 Å². The van der Waals surface area contributed by atoms with Gasteiger partial charge < -0.3 is 20.5 Å². The van der Waals surface area contributed by atoms with E-state index in [4.69, 9.17) is 20.3 Å². The number of nitrogens with one attached hydrogen (secondary N) is 1. The number of hydrogen-bond donors (Lipinski definition) is 2. The highest BCUT2D eigenvalue weighted by Crippen LogP contribution is 2.27. The van der Waals surface area contributed by atoms with Gasteiger partial charge in [-0.3, -0.25) is 9.59 Å². The lowest BCUT2D eigenvalue weighted by atomic mass is 9.97. The quantitative estimate of drug-likeness (QED) is 0.386. The van der Waals surface area contributed by atoms with Crippen LogP contribution in [0.2, 0.25) is 0 Å². The molecule has 0 saturated carbocycles. The molecule has 9 nitrogen and oxygen atoms in total. The van der Waals surface area contributed by atoms with Crippen molar-refractivity contribution in [1.29, 1.82) is 0 Å². The van der Waals surface area contributed by atoms with Crippen LogP contribution < -0.4 is 11.1 Å². The van der Waals surface area contributed by atoms with E-state index in [1.54, 1.807) is 23.0 Å². The molecule has 4 aromatic rings. The van der Waals surface area contributed by atoms with Crippen LogP contribution in [0.15, 0.2) is 85.2 Å². The Bertz CT molecular complexity index is 1400. The largest absolute Gasteiger partial charge is 0.365 e. The fraction of sp³-hybridized carbons (Fsp3) is 0.214. The molecule has 5 rings (SSSR count). The third-order valence-corrected chi connectivity index (χ3v) is 6.30. The summed E-state index contributed by atoms with van der Waals surface area (Å²) in [4.78, 5) is 30.6. The summed E-state index contributed by atoms with van der Waals surface area (Å²) in [7, 11) is 0. The summed E-state index contributed by atoms with van der Waals surface area (Å²) in [6.45, 7) is 2.34. The van der Waals surface area contributed by atoms with E-state index < -0.39 is 23.6 Å². The van der Waals surface area contributed by atoms with Crippen molar-refractivity contribution in [3.8, 4) is 17.1 Å². The third kappa shape index (κ3) is 4.87. The number of aromatic nitrogens is 3. The van der Waals surface area contributed by atoms with Gasteiger partial charge in [-0.05, 0) is 36.6 Å². The van der Waals surface area contributed by atoms with Crippen molar-refractivity contribution in [1.82, 2.24) is 20.1 Å². The molecule has 1 unspecified atom stereocenters. The molecule has 9 heteroatoms. The standard InChI is InChI=1S/C28H27N5O4/c1-19-18-33(32-24(19)21-11-6-3-7-12-21)25-22(13-8-14-30-25)26(34)31-23(17-20-9-4-2-5-10-20)28(27(29)35)36-15-16-37-28/h2-14,18,23H,15-17H2,1H3,(H2,29,35)(H,31,34). The monoisotopic (exact) mass is 497 g/mol. The predicted molar refractivity (Wildman–Crippen MR) is 137 cm³/mol. The van der Waals surface area contributed by atoms with Crippen LogP contribution in [0.5, 0.6) is 0 Å². The van der Waals surface area contributed by atoms with Gasteiger partial charge in [-0.25, -0.2) is 9.67 Å². The number of carbonyl (C=O) groups is 2. The van der Waals surface area contributed by atoms with Crippen molar-refractivity contribution in [3.05, 3.63) is 102 Å². The van der Waals surface area contributed by atoms with Gasteiger partial charge in [0.25, 0.3) is 17.6 Å². The molecule has 2 amide bonds. The molecule has 1 aliphatic heterocycles. The normalized spacial score (nSPS) is 15.3. The number of amides is 2. The van der Waals surface area contributed by atoms with Gasteiger partial charge in [0.1, 0.15) is 0 Å². The van der Waals surface area contributed by atoms with Crippen LogP contribution in [0.3, 0.4) is 0 Å². The van der Waals surface area contributed by atoms with Crippen molar-refractivity contribution >= 4 is 11.8 Å². The van der Waals surface area contributed by atoms with Gasteiger partial charge in [-0.1, -0.05) is 60.7 Å². The molecule has 3 heterocycles. The van der Waals surface area contributed by atoms with Gasteiger partial charge in [0.2, 0.25) is 0 Å². The molecule has 0 bridgehead atoms. The lowest BCUT2D eigenvalue weighted by Gasteiger charge is -2.33. The van der Waals surface area contributed by atoms with Gasteiger partial charge in [0.05, 0.1) is 30.5 Å². The summed E-state index contributed by atoms with van der Waals surface area (Å²) < 4.78 is 13.0. The van der Waals surface area contributed by atoms with E-state index in [1.165, 1.54) is 0 Å². The number of rotatable bonds is 8. The van der Waals surface area contributed by atoms with Crippen molar-refractivity contribution in [2.24, 2.45) is 5.73 Å². The summed E-state index contributed by atoms with van der Waals surface area (Å²) in [5.74, 6) is -2.69. The minimum absolute atomic E-state index is 0.192. The molecule has 0 aliphatic carbocycles. The van der Waals surface area contributed by atoms with Crippen LogP contribution in [-0.2, 0) is 20.7 Å². The second-order valence-corrected chi connectivity index (χ2v) is 8.79. The first-order valence-electron chi connectivity index (χ1n) is 12.0. The molecular weight excluding hydrogens is 470 g/mol. The van der Waals surface area contributed by atoms with Crippen LogP contribution >= 0.6 is 0 Å². The van der Waals surface area contributed by atoms with E-state index in [0.29, 0.717) is 5.82 Å². The Kier molecular flexibility index (Phi) is 6.80. The van der Waals surface area contributed by atoms with Gasteiger partial charge >= 0.3 is 0 Å². The predicted octanol–water partition coefficient (Wildman–Crippen LogP) is 2.81. The lowest BCUT2D eigenvalue weighted by Crippen LogP contribution is -2.61. The molecule has 188 valence electrons.